The summed E-state index contributed by atoms with van der Waals surface area (Å²) >= 11 is 3.39. The summed E-state index contributed by atoms with van der Waals surface area (Å²) in [6.07, 6.45) is 6.73. The van der Waals surface area contributed by atoms with E-state index in [2.05, 4.69) is 21.2 Å². The molecule has 0 saturated heterocycles. The number of anilines is 1. The van der Waals surface area contributed by atoms with Gasteiger partial charge in [0.25, 0.3) is 5.91 Å². The lowest BCUT2D eigenvalue weighted by molar-refractivity contribution is 0.0901. The van der Waals surface area contributed by atoms with Gasteiger partial charge in [-0.15, -0.1) is 0 Å². The van der Waals surface area contributed by atoms with Crippen molar-refractivity contribution in [2.45, 2.75) is 38.1 Å². The van der Waals surface area contributed by atoms with Crippen LogP contribution in [0.4, 0.5) is 5.69 Å². The number of fused-ring (bicyclic) bond motifs is 5. The Hall–Kier alpha value is -1.03. The molecule has 112 valence electrons. The Bertz CT molecular complexity index is 588. The van der Waals surface area contributed by atoms with Crippen LogP contribution in [0.5, 0.6) is 0 Å². The van der Waals surface area contributed by atoms with Crippen molar-refractivity contribution in [2.24, 2.45) is 23.7 Å². The Balaban J connectivity index is 1.47. The summed E-state index contributed by atoms with van der Waals surface area (Å²) < 4.78 is 0.791. The van der Waals surface area contributed by atoms with Crippen molar-refractivity contribution >= 4 is 27.5 Å². The lowest BCUT2D eigenvalue weighted by atomic mass is 9.79. The average molecular weight is 349 g/mol. The number of amides is 1. The minimum Gasteiger partial charge on any atom is -0.398 e. The van der Waals surface area contributed by atoms with E-state index in [1.54, 1.807) is 12.1 Å². The van der Waals surface area contributed by atoms with Crippen molar-refractivity contribution in [1.82, 2.24) is 5.32 Å². The molecule has 0 radical (unpaired) electrons. The van der Waals surface area contributed by atoms with Crippen molar-refractivity contribution < 1.29 is 4.79 Å². The fraction of sp³-hybridized carbons (Fsp3) is 0.588. The first kappa shape index (κ1) is 13.6. The van der Waals surface area contributed by atoms with Crippen LogP contribution in [-0.2, 0) is 0 Å². The quantitative estimate of drug-likeness (QED) is 0.802. The van der Waals surface area contributed by atoms with Gasteiger partial charge in [-0.25, -0.2) is 0 Å². The Morgan fingerprint density at radius 3 is 2.81 bits per heavy atom. The van der Waals surface area contributed by atoms with E-state index in [1.807, 2.05) is 6.07 Å². The number of hydrogen-bond donors (Lipinski definition) is 2. The fourth-order valence-corrected chi connectivity index (χ4v) is 5.53. The molecular formula is C17H21BrN2O. The SMILES string of the molecule is Nc1ccc(C(=O)NC2CC3CC2C2CCCC32)cc1Br. The summed E-state index contributed by atoms with van der Waals surface area (Å²) in [4.78, 5) is 12.5. The van der Waals surface area contributed by atoms with Crippen LogP contribution in [0.1, 0.15) is 42.5 Å². The third-order valence-corrected chi connectivity index (χ3v) is 6.69. The first-order valence-electron chi connectivity index (χ1n) is 7.99. The van der Waals surface area contributed by atoms with Gasteiger partial charge in [0.05, 0.1) is 0 Å². The van der Waals surface area contributed by atoms with Crippen molar-refractivity contribution in [1.29, 1.82) is 0 Å². The zero-order valence-corrected chi connectivity index (χ0v) is 13.6. The summed E-state index contributed by atoms with van der Waals surface area (Å²) in [7, 11) is 0. The van der Waals surface area contributed by atoms with E-state index in [0.717, 1.165) is 28.1 Å². The number of hydrogen-bond acceptors (Lipinski definition) is 2. The van der Waals surface area contributed by atoms with Gasteiger partial charge in [0, 0.05) is 21.8 Å². The number of halogens is 1. The molecule has 3 N–H and O–H groups in total. The predicted molar refractivity (Wildman–Crippen MR) is 86.9 cm³/mol. The van der Waals surface area contributed by atoms with Crippen LogP contribution in [-0.4, -0.2) is 11.9 Å². The molecule has 3 aliphatic carbocycles. The maximum atomic E-state index is 12.5. The predicted octanol–water partition coefficient (Wildman–Crippen LogP) is 3.59. The van der Waals surface area contributed by atoms with Crippen molar-refractivity contribution in [3.63, 3.8) is 0 Å². The van der Waals surface area contributed by atoms with Crippen molar-refractivity contribution in [3.8, 4) is 0 Å². The zero-order chi connectivity index (χ0) is 14.6. The number of nitrogens with two attached hydrogens (primary N) is 1. The molecule has 4 heteroatoms. The second kappa shape index (κ2) is 5.01. The number of carbonyl (C=O) groups is 1. The molecule has 3 saturated carbocycles. The average Bonchev–Trinajstić information content (AvgIpc) is 3.13. The molecule has 5 unspecified atom stereocenters. The van der Waals surface area contributed by atoms with E-state index >= 15 is 0 Å². The molecule has 3 aliphatic rings. The molecule has 3 fully saturated rings. The van der Waals surface area contributed by atoms with E-state index in [1.165, 1.54) is 32.1 Å². The highest BCUT2D eigenvalue weighted by molar-refractivity contribution is 9.10. The van der Waals surface area contributed by atoms with Crippen LogP contribution in [0.3, 0.4) is 0 Å². The van der Waals surface area contributed by atoms with Gasteiger partial charge in [0.2, 0.25) is 0 Å². The summed E-state index contributed by atoms with van der Waals surface area (Å²) in [5.74, 6) is 3.48. The normalized spacial score (nSPS) is 36.7. The summed E-state index contributed by atoms with van der Waals surface area (Å²) in [5.41, 5.74) is 7.14. The highest BCUT2D eigenvalue weighted by Crippen LogP contribution is 2.58. The number of nitrogens with one attached hydrogen (secondary N) is 1. The van der Waals surface area contributed by atoms with Gasteiger partial charge >= 0.3 is 0 Å². The molecule has 0 spiro atoms. The molecule has 1 amide bonds. The topological polar surface area (TPSA) is 55.1 Å². The molecule has 21 heavy (non-hydrogen) atoms. The minimum absolute atomic E-state index is 0.0443. The molecule has 2 bridgehead atoms. The maximum Gasteiger partial charge on any atom is 0.251 e. The molecule has 4 rings (SSSR count). The number of nitrogen functional groups attached to an aromatic ring is 1. The van der Waals surface area contributed by atoms with Gasteiger partial charge < -0.3 is 11.1 Å². The van der Waals surface area contributed by atoms with E-state index in [4.69, 9.17) is 5.73 Å². The fourth-order valence-electron chi connectivity index (χ4n) is 5.15. The largest absolute Gasteiger partial charge is 0.398 e. The summed E-state index contributed by atoms with van der Waals surface area (Å²) in [6.45, 7) is 0. The molecule has 1 aromatic rings. The second-order valence-corrected chi connectivity index (χ2v) is 7.82. The van der Waals surface area contributed by atoms with Crippen LogP contribution >= 0.6 is 15.9 Å². The maximum absolute atomic E-state index is 12.5. The van der Waals surface area contributed by atoms with Crippen LogP contribution in [0.2, 0.25) is 0 Å². The zero-order valence-electron chi connectivity index (χ0n) is 12.0. The molecule has 1 aromatic carbocycles. The lowest BCUT2D eigenvalue weighted by Gasteiger charge is -2.32. The van der Waals surface area contributed by atoms with Crippen LogP contribution < -0.4 is 11.1 Å². The monoisotopic (exact) mass is 348 g/mol. The Kier molecular flexibility index (Phi) is 3.25. The highest BCUT2D eigenvalue weighted by Gasteiger charge is 2.54. The summed E-state index contributed by atoms with van der Waals surface area (Å²) in [6, 6.07) is 5.79. The molecule has 0 aliphatic heterocycles. The first-order chi connectivity index (χ1) is 10.1. The summed E-state index contributed by atoms with van der Waals surface area (Å²) in [5, 5.41) is 3.29. The van der Waals surface area contributed by atoms with Gasteiger partial charge in [-0.05, 0) is 83.5 Å². The smallest absolute Gasteiger partial charge is 0.251 e. The molecular weight excluding hydrogens is 328 g/mol. The van der Waals surface area contributed by atoms with E-state index in [0.29, 0.717) is 17.3 Å². The number of carbonyl (C=O) groups excluding carboxylic acids is 1. The molecule has 0 aromatic heterocycles. The van der Waals surface area contributed by atoms with Gasteiger partial charge in [0.15, 0.2) is 0 Å². The van der Waals surface area contributed by atoms with Crippen LogP contribution in [0.25, 0.3) is 0 Å². The van der Waals surface area contributed by atoms with Crippen molar-refractivity contribution in [3.05, 3.63) is 28.2 Å². The second-order valence-electron chi connectivity index (χ2n) is 6.97. The van der Waals surface area contributed by atoms with Gasteiger partial charge in [-0.1, -0.05) is 6.42 Å². The van der Waals surface area contributed by atoms with Crippen molar-refractivity contribution in [2.75, 3.05) is 5.73 Å². The number of rotatable bonds is 2. The van der Waals surface area contributed by atoms with Gasteiger partial charge in [-0.3, -0.25) is 4.79 Å². The van der Waals surface area contributed by atoms with E-state index in [-0.39, 0.29) is 5.91 Å². The molecule has 3 nitrogen and oxygen atoms in total. The Morgan fingerprint density at radius 1 is 1.19 bits per heavy atom. The molecule has 5 atom stereocenters. The van der Waals surface area contributed by atoms with Crippen LogP contribution in [0.15, 0.2) is 22.7 Å². The first-order valence-corrected chi connectivity index (χ1v) is 8.78. The Morgan fingerprint density at radius 2 is 2.00 bits per heavy atom. The third kappa shape index (κ3) is 2.19. The standard InChI is InChI=1S/C17H21BrN2O/c18-14-7-9(4-5-15(14)19)17(21)20-16-8-10-6-13(16)12-3-1-2-11(10)12/h4-5,7,10-13,16H,1-3,6,8,19H2,(H,20,21). The lowest BCUT2D eigenvalue weighted by Crippen LogP contribution is -2.42. The van der Waals surface area contributed by atoms with E-state index in [9.17, 15) is 4.79 Å². The van der Waals surface area contributed by atoms with Gasteiger partial charge in [0.1, 0.15) is 0 Å². The minimum atomic E-state index is 0.0443. The van der Waals surface area contributed by atoms with Gasteiger partial charge in [-0.2, -0.15) is 0 Å². The Labute approximate surface area is 133 Å². The van der Waals surface area contributed by atoms with Crippen LogP contribution in [0, 0.1) is 23.7 Å². The third-order valence-electron chi connectivity index (χ3n) is 6.01. The molecule has 0 heterocycles. The number of benzene rings is 1. The highest BCUT2D eigenvalue weighted by atomic mass is 79.9. The van der Waals surface area contributed by atoms with E-state index < -0.39 is 0 Å².